The molecule has 0 aromatic carbocycles. The fourth-order valence-corrected chi connectivity index (χ4v) is 3.03. The molecule has 1 aromatic rings. The third-order valence-corrected chi connectivity index (χ3v) is 3.74. The summed E-state index contributed by atoms with van der Waals surface area (Å²) in [5.41, 5.74) is 1.16. The van der Waals surface area contributed by atoms with Crippen LogP contribution in [0.3, 0.4) is 0 Å². The molecule has 1 aliphatic heterocycles. The number of fused-ring (bicyclic) bond motifs is 1. The Morgan fingerprint density at radius 1 is 1.56 bits per heavy atom. The molecule has 0 aliphatic carbocycles. The number of esters is 1. The van der Waals surface area contributed by atoms with Crippen molar-refractivity contribution in [2.45, 2.75) is 19.9 Å². The predicted octanol–water partition coefficient (Wildman–Crippen LogP) is 1.58. The Bertz CT molecular complexity index is 400. The average Bonchev–Trinajstić information content (AvgIpc) is 2.67. The summed E-state index contributed by atoms with van der Waals surface area (Å²) >= 11 is 1.47. The van der Waals surface area contributed by atoms with Gasteiger partial charge in [0.25, 0.3) is 0 Å². The minimum atomic E-state index is -0.279. The molecule has 2 rings (SSSR count). The van der Waals surface area contributed by atoms with E-state index < -0.39 is 0 Å². The molecule has 2 heterocycles. The molecular weight excluding hydrogens is 226 g/mol. The largest absolute Gasteiger partial charge is 0.495 e. The van der Waals surface area contributed by atoms with E-state index >= 15 is 0 Å². The van der Waals surface area contributed by atoms with E-state index in [1.54, 1.807) is 14.0 Å². The Labute approximate surface area is 98.6 Å². The lowest BCUT2D eigenvalue weighted by molar-refractivity contribution is 0.0528. The summed E-state index contributed by atoms with van der Waals surface area (Å²) in [5, 5.41) is 3.28. The van der Waals surface area contributed by atoms with Gasteiger partial charge < -0.3 is 14.8 Å². The minimum absolute atomic E-state index is 0.279. The van der Waals surface area contributed by atoms with Crippen LogP contribution in [0, 0.1) is 0 Å². The van der Waals surface area contributed by atoms with Crippen LogP contribution >= 0.6 is 11.3 Å². The molecule has 0 saturated carbocycles. The molecule has 0 saturated heterocycles. The quantitative estimate of drug-likeness (QED) is 0.816. The van der Waals surface area contributed by atoms with Crippen LogP contribution in [0.15, 0.2) is 0 Å². The standard InChI is InChI=1S/C11H15NO3S/c1-3-15-11(13)10-9(14-2)7-4-5-12-6-8(7)16-10/h12H,3-6H2,1-2H3. The van der Waals surface area contributed by atoms with Crippen LogP contribution in [-0.2, 0) is 17.7 Å². The van der Waals surface area contributed by atoms with Crippen LogP contribution in [0.2, 0.25) is 0 Å². The Hall–Kier alpha value is -1.07. The summed E-state index contributed by atoms with van der Waals surface area (Å²) in [6.45, 7) is 3.94. The zero-order valence-electron chi connectivity index (χ0n) is 9.46. The molecule has 4 nitrogen and oxygen atoms in total. The first-order valence-electron chi connectivity index (χ1n) is 5.34. The Morgan fingerprint density at radius 3 is 3.06 bits per heavy atom. The Balaban J connectivity index is 2.37. The predicted molar refractivity (Wildman–Crippen MR) is 62.2 cm³/mol. The van der Waals surface area contributed by atoms with E-state index in [0.717, 1.165) is 25.1 Å². The van der Waals surface area contributed by atoms with E-state index in [1.807, 2.05) is 0 Å². The van der Waals surface area contributed by atoms with Crippen LogP contribution in [0.5, 0.6) is 5.75 Å². The van der Waals surface area contributed by atoms with E-state index in [4.69, 9.17) is 9.47 Å². The summed E-state index contributed by atoms with van der Waals surface area (Å²) in [6.07, 6.45) is 0.911. The highest BCUT2D eigenvalue weighted by Gasteiger charge is 2.25. The van der Waals surface area contributed by atoms with Gasteiger partial charge in [0.15, 0.2) is 4.88 Å². The van der Waals surface area contributed by atoms with Crippen molar-refractivity contribution in [1.29, 1.82) is 0 Å². The van der Waals surface area contributed by atoms with Gasteiger partial charge in [0.1, 0.15) is 5.75 Å². The van der Waals surface area contributed by atoms with Gasteiger partial charge in [-0.3, -0.25) is 0 Å². The molecule has 1 N–H and O–H groups in total. The second-order valence-corrected chi connectivity index (χ2v) is 4.62. The molecule has 5 heteroatoms. The van der Waals surface area contributed by atoms with Crippen molar-refractivity contribution >= 4 is 17.3 Å². The molecule has 0 bridgehead atoms. The lowest BCUT2D eigenvalue weighted by atomic mass is 10.1. The second-order valence-electron chi connectivity index (χ2n) is 3.51. The molecule has 88 valence electrons. The van der Waals surface area contributed by atoms with Gasteiger partial charge in [0.05, 0.1) is 13.7 Å². The Morgan fingerprint density at radius 2 is 2.38 bits per heavy atom. The number of carbonyl (C=O) groups is 1. The van der Waals surface area contributed by atoms with Gasteiger partial charge in [-0.05, 0) is 19.9 Å². The maximum absolute atomic E-state index is 11.7. The zero-order chi connectivity index (χ0) is 11.5. The van der Waals surface area contributed by atoms with Crippen molar-refractivity contribution in [3.05, 3.63) is 15.3 Å². The van der Waals surface area contributed by atoms with Crippen LogP contribution in [0.4, 0.5) is 0 Å². The maximum atomic E-state index is 11.7. The van der Waals surface area contributed by atoms with Gasteiger partial charge in [-0.2, -0.15) is 0 Å². The Kier molecular flexibility index (Phi) is 3.46. The summed E-state index contributed by atoms with van der Waals surface area (Å²) in [5.74, 6) is 0.429. The second kappa shape index (κ2) is 4.84. The molecule has 0 amide bonds. The summed E-state index contributed by atoms with van der Waals surface area (Å²) < 4.78 is 10.4. The zero-order valence-corrected chi connectivity index (χ0v) is 10.3. The van der Waals surface area contributed by atoms with E-state index in [9.17, 15) is 4.79 Å². The van der Waals surface area contributed by atoms with Crippen LogP contribution in [0.1, 0.15) is 27.0 Å². The van der Waals surface area contributed by atoms with Gasteiger partial charge in [-0.15, -0.1) is 11.3 Å². The SMILES string of the molecule is CCOC(=O)c1sc2c(c1OC)CCNC2. The fraction of sp³-hybridized carbons (Fsp3) is 0.545. The third-order valence-electron chi connectivity index (χ3n) is 2.54. The molecule has 0 fully saturated rings. The first-order valence-corrected chi connectivity index (χ1v) is 6.16. The van der Waals surface area contributed by atoms with E-state index in [-0.39, 0.29) is 5.97 Å². The normalized spacial score (nSPS) is 14.4. The molecule has 0 unspecified atom stereocenters. The van der Waals surface area contributed by atoms with Crippen molar-refractivity contribution in [2.24, 2.45) is 0 Å². The van der Waals surface area contributed by atoms with Gasteiger partial charge >= 0.3 is 5.97 Å². The number of methoxy groups -OCH3 is 1. The minimum Gasteiger partial charge on any atom is -0.495 e. The number of thiophene rings is 1. The summed E-state index contributed by atoms with van der Waals surface area (Å²) in [6, 6.07) is 0. The van der Waals surface area contributed by atoms with Crippen molar-refractivity contribution in [1.82, 2.24) is 5.32 Å². The van der Waals surface area contributed by atoms with Gasteiger partial charge in [-0.1, -0.05) is 0 Å². The van der Waals surface area contributed by atoms with Crippen molar-refractivity contribution in [3.8, 4) is 5.75 Å². The number of rotatable bonds is 3. The first kappa shape index (κ1) is 11.4. The van der Waals surface area contributed by atoms with E-state index in [0.29, 0.717) is 17.2 Å². The van der Waals surface area contributed by atoms with Crippen molar-refractivity contribution in [2.75, 3.05) is 20.3 Å². The maximum Gasteiger partial charge on any atom is 0.352 e. The highest BCUT2D eigenvalue weighted by molar-refractivity contribution is 7.14. The molecule has 16 heavy (non-hydrogen) atoms. The molecule has 0 spiro atoms. The van der Waals surface area contributed by atoms with Crippen LogP contribution in [0.25, 0.3) is 0 Å². The van der Waals surface area contributed by atoms with Gasteiger partial charge in [-0.25, -0.2) is 4.79 Å². The smallest absolute Gasteiger partial charge is 0.352 e. The van der Waals surface area contributed by atoms with Crippen LogP contribution in [-0.4, -0.2) is 26.2 Å². The summed E-state index contributed by atoms with van der Waals surface area (Å²) in [4.78, 5) is 13.5. The van der Waals surface area contributed by atoms with Gasteiger partial charge in [0, 0.05) is 17.0 Å². The third kappa shape index (κ3) is 1.92. The van der Waals surface area contributed by atoms with Crippen molar-refractivity contribution in [3.63, 3.8) is 0 Å². The number of hydrogen-bond acceptors (Lipinski definition) is 5. The lowest BCUT2D eigenvalue weighted by Crippen LogP contribution is -2.22. The summed E-state index contributed by atoms with van der Waals surface area (Å²) in [7, 11) is 1.60. The van der Waals surface area contributed by atoms with E-state index in [1.165, 1.54) is 16.2 Å². The molecule has 1 aromatic heterocycles. The number of nitrogens with one attached hydrogen (secondary N) is 1. The topological polar surface area (TPSA) is 47.6 Å². The first-order chi connectivity index (χ1) is 7.77. The van der Waals surface area contributed by atoms with Gasteiger partial charge in [0.2, 0.25) is 0 Å². The molecule has 1 aliphatic rings. The molecule has 0 radical (unpaired) electrons. The number of ether oxygens (including phenoxy) is 2. The average molecular weight is 241 g/mol. The highest BCUT2D eigenvalue weighted by Crippen LogP contribution is 2.37. The van der Waals surface area contributed by atoms with E-state index in [2.05, 4.69) is 5.32 Å². The molecular formula is C11H15NO3S. The molecule has 0 atom stereocenters. The van der Waals surface area contributed by atoms with Crippen LogP contribution < -0.4 is 10.1 Å². The highest BCUT2D eigenvalue weighted by atomic mass is 32.1. The number of carbonyl (C=O) groups excluding carboxylic acids is 1. The fourth-order valence-electron chi connectivity index (χ4n) is 1.85. The lowest BCUT2D eigenvalue weighted by Gasteiger charge is -2.13. The van der Waals surface area contributed by atoms with Crippen molar-refractivity contribution < 1.29 is 14.3 Å². The number of hydrogen-bond donors (Lipinski definition) is 1. The monoisotopic (exact) mass is 241 g/mol.